The largest absolute Gasteiger partial charge is 0.462 e. The Morgan fingerprint density at radius 3 is 2.17 bits per heavy atom. The van der Waals surface area contributed by atoms with Crippen LogP contribution < -0.4 is 10.6 Å². The fourth-order valence-corrected chi connectivity index (χ4v) is 5.30. The monoisotopic (exact) mass is 454 g/mol. The number of nitrogens with one attached hydrogen (secondary N) is 2. The summed E-state index contributed by atoms with van der Waals surface area (Å²) in [6.07, 6.45) is 4.46. The number of hydrogen-bond donors (Lipinski definition) is 2. The second kappa shape index (κ2) is 10.6. The van der Waals surface area contributed by atoms with Gasteiger partial charge in [-0.25, -0.2) is 9.59 Å². The maximum absolute atomic E-state index is 12.5. The molecule has 0 amide bonds. The van der Waals surface area contributed by atoms with E-state index in [1.54, 1.807) is 20.8 Å². The lowest BCUT2D eigenvalue weighted by atomic mass is 9.71. The Labute approximate surface area is 189 Å². The zero-order valence-electron chi connectivity index (χ0n) is 18.8. The predicted octanol–water partition coefficient (Wildman–Crippen LogP) is 5.30. The van der Waals surface area contributed by atoms with E-state index >= 15 is 0 Å². The first-order valence-corrected chi connectivity index (χ1v) is 11.9. The van der Waals surface area contributed by atoms with Gasteiger partial charge in [-0.3, -0.25) is 0 Å². The lowest BCUT2D eigenvalue weighted by Crippen LogP contribution is -2.41. The summed E-state index contributed by atoms with van der Waals surface area (Å²) in [4.78, 5) is 25.2. The fourth-order valence-electron chi connectivity index (χ4n) is 3.87. The van der Waals surface area contributed by atoms with Crippen LogP contribution in [0.25, 0.3) is 0 Å². The van der Waals surface area contributed by atoms with Crippen LogP contribution in [-0.2, 0) is 9.47 Å². The van der Waals surface area contributed by atoms with Crippen molar-refractivity contribution in [2.75, 3.05) is 18.5 Å². The Morgan fingerprint density at radius 2 is 1.63 bits per heavy atom. The van der Waals surface area contributed by atoms with Gasteiger partial charge in [0.25, 0.3) is 0 Å². The van der Waals surface area contributed by atoms with Crippen LogP contribution in [0.3, 0.4) is 0 Å². The van der Waals surface area contributed by atoms with Crippen molar-refractivity contribution in [3.8, 4) is 0 Å². The lowest BCUT2D eigenvalue weighted by Gasteiger charge is -2.37. The third-order valence-electron chi connectivity index (χ3n) is 5.60. The minimum atomic E-state index is -0.474. The Balaban J connectivity index is 2.11. The maximum atomic E-state index is 12.5. The van der Waals surface area contributed by atoms with Crippen molar-refractivity contribution in [3.05, 3.63) is 16.0 Å². The minimum absolute atomic E-state index is 0.252. The van der Waals surface area contributed by atoms with E-state index in [0.29, 0.717) is 37.6 Å². The number of carbonyl (C=O) groups is 2. The molecule has 2 rings (SSSR count). The van der Waals surface area contributed by atoms with Gasteiger partial charge >= 0.3 is 11.9 Å². The van der Waals surface area contributed by atoms with Crippen molar-refractivity contribution in [3.63, 3.8) is 0 Å². The van der Waals surface area contributed by atoms with Gasteiger partial charge in [0.15, 0.2) is 5.11 Å². The molecule has 0 saturated heterocycles. The summed E-state index contributed by atoms with van der Waals surface area (Å²) >= 11 is 6.68. The van der Waals surface area contributed by atoms with Crippen LogP contribution >= 0.6 is 23.6 Å². The van der Waals surface area contributed by atoms with E-state index in [1.807, 2.05) is 0 Å². The molecule has 0 aromatic carbocycles. The van der Waals surface area contributed by atoms with Crippen molar-refractivity contribution in [2.45, 2.75) is 73.3 Å². The molecule has 0 unspecified atom stereocenters. The topological polar surface area (TPSA) is 76.7 Å². The summed E-state index contributed by atoms with van der Waals surface area (Å²) in [5.41, 5.74) is 1.22. The molecular formula is C22H34N2O4S2. The molecule has 1 aromatic heterocycles. The number of thiophene rings is 1. The van der Waals surface area contributed by atoms with E-state index in [1.165, 1.54) is 24.2 Å². The summed E-state index contributed by atoms with van der Waals surface area (Å²) in [5.74, 6) is -0.199. The normalized spacial score (nSPS) is 19.1. The van der Waals surface area contributed by atoms with Crippen LogP contribution in [0, 0.1) is 18.3 Å². The van der Waals surface area contributed by atoms with E-state index in [9.17, 15) is 9.59 Å². The van der Waals surface area contributed by atoms with Gasteiger partial charge < -0.3 is 20.1 Å². The summed E-state index contributed by atoms with van der Waals surface area (Å²) in [6, 6.07) is 0.306. The number of carbonyl (C=O) groups excluding carboxylic acids is 2. The first kappa shape index (κ1) is 24.6. The first-order valence-electron chi connectivity index (χ1n) is 10.6. The molecule has 2 N–H and O–H groups in total. The summed E-state index contributed by atoms with van der Waals surface area (Å²) < 4.78 is 10.3. The third-order valence-corrected chi connectivity index (χ3v) is 7.01. The number of ether oxygens (including phenoxy) is 2. The molecular weight excluding hydrogens is 420 g/mol. The number of rotatable bonds is 6. The molecule has 1 aliphatic carbocycles. The highest BCUT2D eigenvalue weighted by Crippen LogP contribution is 2.38. The molecule has 0 aliphatic heterocycles. The maximum Gasteiger partial charge on any atom is 0.348 e. The van der Waals surface area contributed by atoms with Crippen molar-refractivity contribution >= 4 is 45.6 Å². The van der Waals surface area contributed by atoms with Crippen LogP contribution in [0.15, 0.2) is 0 Å². The van der Waals surface area contributed by atoms with Gasteiger partial charge in [0.05, 0.1) is 18.8 Å². The second-order valence-corrected chi connectivity index (χ2v) is 10.1. The second-order valence-electron chi connectivity index (χ2n) is 8.71. The van der Waals surface area contributed by atoms with Gasteiger partial charge in [-0.2, -0.15) is 0 Å². The van der Waals surface area contributed by atoms with Gasteiger partial charge in [-0.15, -0.1) is 11.3 Å². The number of hydrogen-bond acceptors (Lipinski definition) is 6. The summed E-state index contributed by atoms with van der Waals surface area (Å²) in [7, 11) is 0. The van der Waals surface area contributed by atoms with Gasteiger partial charge in [0.1, 0.15) is 9.88 Å². The molecule has 1 fully saturated rings. The Bertz CT molecular complexity index is 775. The van der Waals surface area contributed by atoms with E-state index in [-0.39, 0.29) is 13.2 Å². The zero-order chi connectivity index (χ0) is 22.5. The number of anilines is 1. The number of thiocarbonyl (C=S) groups is 1. The first-order chi connectivity index (χ1) is 14.1. The molecule has 1 aliphatic rings. The molecule has 0 radical (unpaired) electrons. The molecule has 8 heteroatoms. The van der Waals surface area contributed by atoms with Gasteiger partial charge in [-0.1, -0.05) is 20.8 Å². The predicted molar refractivity (Wildman–Crippen MR) is 126 cm³/mol. The van der Waals surface area contributed by atoms with E-state index in [0.717, 1.165) is 18.8 Å². The summed E-state index contributed by atoms with van der Waals surface area (Å²) in [5, 5.41) is 7.47. The van der Waals surface area contributed by atoms with E-state index in [4.69, 9.17) is 21.7 Å². The van der Waals surface area contributed by atoms with Gasteiger partial charge in [-0.05, 0) is 75.6 Å². The fraction of sp³-hybridized carbons (Fsp3) is 0.682. The summed E-state index contributed by atoms with van der Waals surface area (Å²) in [6.45, 7) is 12.6. The molecule has 0 bridgehead atoms. The molecule has 1 heterocycles. The average molecular weight is 455 g/mol. The van der Waals surface area contributed by atoms with E-state index in [2.05, 4.69) is 31.4 Å². The Kier molecular flexibility index (Phi) is 8.67. The SMILES string of the molecule is CCOC(=O)c1sc(NC(=S)NC2CCC(C(C)(C)C)CC2)c(C(=O)OCC)c1C. The quantitative estimate of drug-likeness (QED) is 0.446. The average Bonchev–Trinajstić information content (AvgIpc) is 2.97. The third kappa shape index (κ3) is 6.17. The number of esters is 2. The molecule has 0 spiro atoms. The molecule has 1 saturated carbocycles. The zero-order valence-corrected chi connectivity index (χ0v) is 20.5. The highest BCUT2D eigenvalue weighted by atomic mass is 32.1. The van der Waals surface area contributed by atoms with Gasteiger partial charge in [0.2, 0.25) is 0 Å². The molecule has 0 atom stereocenters. The van der Waals surface area contributed by atoms with Gasteiger partial charge in [0, 0.05) is 6.04 Å². The Morgan fingerprint density at radius 1 is 1.07 bits per heavy atom. The molecule has 30 heavy (non-hydrogen) atoms. The van der Waals surface area contributed by atoms with Crippen LogP contribution in [0.2, 0.25) is 0 Å². The van der Waals surface area contributed by atoms with Crippen LogP contribution in [0.4, 0.5) is 5.00 Å². The van der Waals surface area contributed by atoms with E-state index < -0.39 is 11.9 Å². The highest BCUT2D eigenvalue weighted by Gasteiger charge is 2.31. The molecule has 1 aromatic rings. The molecule has 168 valence electrons. The lowest BCUT2D eigenvalue weighted by molar-refractivity contribution is 0.0527. The van der Waals surface area contributed by atoms with Crippen molar-refractivity contribution < 1.29 is 19.1 Å². The van der Waals surface area contributed by atoms with Crippen LogP contribution in [0.1, 0.15) is 85.9 Å². The van der Waals surface area contributed by atoms with Crippen LogP contribution in [0.5, 0.6) is 0 Å². The van der Waals surface area contributed by atoms with Crippen molar-refractivity contribution in [1.82, 2.24) is 5.32 Å². The Hall–Kier alpha value is -1.67. The highest BCUT2D eigenvalue weighted by molar-refractivity contribution is 7.80. The standard InChI is InChI=1S/C22H34N2O4S2/c1-7-27-19(25)16-13(3)17(20(26)28-8-2)30-18(16)24-21(29)23-15-11-9-14(10-12-15)22(4,5)6/h14-15H,7-12H2,1-6H3,(H2,23,24,29). The van der Waals surface area contributed by atoms with Crippen molar-refractivity contribution in [2.24, 2.45) is 11.3 Å². The van der Waals surface area contributed by atoms with Crippen molar-refractivity contribution in [1.29, 1.82) is 0 Å². The van der Waals surface area contributed by atoms with Crippen LogP contribution in [-0.4, -0.2) is 36.3 Å². The smallest absolute Gasteiger partial charge is 0.348 e. The minimum Gasteiger partial charge on any atom is -0.462 e. The molecule has 6 nitrogen and oxygen atoms in total.